The van der Waals surface area contributed by atoms with E-state index in [1.807, 2.05) is 19.2 Å². The SMILES string of the molecule is Cc1csc(C(C)NS(=O)(=O)c2ccc(C)c(N)c2)n1. The summed E-state index contributed by atoms with van der Waals surface area (Å²) >= 11 is 1.44. The van der Waals surface area contributed by atoms with Crippen LogP contribution in [0.15, 0.2) is 28.5 Å². The minimum atomic E-state index is -3.60. The molecule has 1 aromatic heterocycles. The number of hydrogen-bond donors (Lipinski definition) is 2. The minimum Gasteiger partial charge on any atom is -0.398 e. The Kier molecular flexibility index (Phi) is 4.12. The van der Waals surface area contributed by atoms with Crippen LogP contribution in [-0.2, 0) is 10.0 Å². The lowest BCUT2D eigenvalue weighted by Gasteiger charge is -2.12. The van der Waals surface area contributed by atoms with E-state index in [1.54, 1.807) is 19.1 Å². The van der Waals surface area contributed by atoms with E-state index in [-0.39, 0.29) is 10.9 Å². The molecular weight excluding hydrogens is 294 g/mol. The fourth-order valence-electron chi connectivity index (χ4n) is 1.71. The van der Waals surface area contributed by atoms with Crippen LogP contribution >= 0.6 is 11.3 Å². The van der Waals surface area contributed by atoms with Gasteiger partial charge in [0, 0.05) is 16.8 Å². The Morgan fingerprint density at radius 2 is 2.05 bits per heavy atom. The summed E-state index contributed by atoms with van der Waals surface area (Å²) in [7, 11) is -3.60. The smallest absolute Gasteiger partial charge is 0.241 e. The van der Waals surface area contributed by atoms with Crippen molar-refractivity contribution < 1.29 is 8.42 Å². The lowest BCUT2D eigenvalue weighted by molar-refractivity contribution is 0.566. The lowest BCUT2D eigenvalue weighted by Crippen LogP contribution is -2.27. The molecule has 0 saturated heterocycles. The van der Waals surface area contributed by atoms with E-state index in [1.165, 1.54) is 17.4 Å². The summed E-state index contributed by atoms with van der Waals surface area (Å²) < 4.78 is 27.2. The molecule has 2 rings (SSSR count). The number of anilines is 1. The number of nitrogens with one attached hydrogen (secondary N) is 1. The lowest BCUT2D eigenvalue weighted by atomic mass is 10.2. The second-order valence-electron chi connectivity index (χ2n) is 4.69. The fraction of sp³-hybridized carbons (Fsp3) is 0.308. The molecule has 0 aliphatic rings. The van der Waals surface area contributed by atoms with Crippen molar-refractivity contribution in [3.63, 3.8) is 0 Å². The summed E-state index contributed by atoms with van der Waals surface area (Å²) in [6, 6.07) is 4.34. The van der Waals surface area contributed by atoms with Gasteiger partial charge in [-0.3, -0.25) is 0 Å². The zero-order valence-electron chi connectivity index (χ0n) is 11.5. The van der Waals surface area contributed by atoms with Crippen LogP contribution in [0.1, 0.15) is 29.2 Å². The summed E-state index contributed by atoms with van der Waals surface area (Å²) in [5.74, 6) is 0. The number of nitrogen functional groups attached to an aromatic ring is 1. The highest BCUT2D eigenvalue weighted by molar-refractivity contribution is 7.89. The summed E-state index contributed by atoms with van der Waals surface area (Å²) in [5, 5.41) is 2.63. The monoisotopic (exact) mass is 311 g/mol. The molecule has 0 saturated carbocycles. The molecule has 0 spiro atoms. The number of nitrogens with two attached hydrogens (primary N) is 1. The van der Waals surface area contributed by atoms with E-state index in [0.29, 0.717) is 5.69 Å². The van der Waals surface area contributed by atoms with E-state index >= 15 is 0 Å². The molecule has 1 heterocycles. The number of benzene rings is 1. The van der Waals surface area contributed by atoms with Gasteiger partial charge in [0.15, 0.2) is 0 Å². The Bertz CT molecular complexity index is 723. The third kappa shape index (κ3) is 3.17. The van der Waals surface area contributed by atoms with Gasteiger partial charge in [0.1, 0.15) is 5.01 Å². The third-order valence-corrected chi connectivity index (χ3v) is 5.58. The molecule has 108 valence electrons. The Balaban J connectivity index is 2.24. The topological polar surface area (TPSA) is 85.1 Å². The fourth-order valence-corrected chi connectivity index (χ4v) is 3.83. The highest BCUT2D eigenvalue weighted by Crippen LogP contribution is 2.22. The maximum absolute atomic E-state index is 12.3. The molecule has 7 heteroatoms. The van der Waals surface area contributed by atoms with Gasteiger partial charge in [-0.05, 0) is 38.5 Å². The maximum atomic E-state index is 12.3. The molecule has 1 unspecified atom stereocenters. The number of rotatable bonds is 4. The summed E-state index contributed by atoms with van der Waals surface area (Å²) in [4.78, 5) is 4.45. The normalized spacial score (nSPS) is 13.3. The number of thiazole rings is 1. The summed E-state index contributed by atoms with van der Waals surface area (Å²) in [5.41, 5.74) is 7.96. The van der Waals surface area contributed by atoms with Crippen molar-refractivity contribution in [2.75, 3.05) is 5.73 Å². The number of nitrogens with zero attached hydrogens (tertiary/aromatic N) is 1. The first-order valence-corrected chi connectivity index (χ1v) is 8.46. The van der Waals surface area contributed by atoms with E-state index in [4.69, 9.17) is 5.73 Å². The molecule has 0 radical (unpaired) electrons. The van der Waals surface area contributed by atoms with E-state index in [0.717, 1.165) is 16.3 Å². The van der Waals surface area contributed by atoms with Crippen LogP contribution in [-0.4, -0.2) is 13.4 Å². The Hall–Kier alpha value is -1.44. The molecule has 1 atom stereocenters. The summed E-state index contributed by atoms with van der Waals surface area (Å²) in [6.07, 6.45) is 0. The van der Waals surface area contributed by atoms with Crippen LogP contribution in [0.4, 0.5) is 5.69 Å². The second kappa shape index (κ2) is 5.51. The van der Waals surface area contributed by atoms with Crippen LogP contribution in [0.3, 0.4) is 0 Å². The van der Waals surface area contributed by atoms with Gasteiger partial charge in [-0.1, -0.05) is 6.07 Å². The van der Waals surface area contributed by atoms with E-state index in [2.05, 4.69) is 9.71 Å². The zero-order chi connectivity index (χ0) is 14.9. The minimum absolute atomic E-state index is 0.167. The first-order valence-electron chi connectivity index (χ1n) is 6.10. The standard InChI is InChI=1S/C13H17N3O2S2/c1-8-4-5-11(6-12(8)14)20(17,18)16-10(3)13-15-9(2)7-19-13/h4-7,10,16H,14H2,1-3H3. The van der Waals surface area contributed by atoms with Gasteiger partial charge in [-0.2, -0.15) is 0 Å². The van der Waals surface area contributed by atoms with Crippen molar-refractivity contribution in [3.05, 3.63) is 39.8 Å². The molecule has 3 N–H and O–H groups in total. The first-order chi connectivity index (χ1) is 9.29. The van der Waals surface area contributed by atoms with E-state index < -0.39 is 10.0 Å². The van der Waals surface area contributed by atoms with Gasteiger partial charge in [0.05, 0.1) is 10.9 Å². The van der Waals surface area contributed by atoms with Crippen molar-refractivity contribution in [1.82, 2.24) is 9.71 Å². The van der Waals surface area contributed by atoms with Crippen LogP contribution in [0.5, 0.6) is 0 Å². The molecule has 0 aliphatic carbocycles. The number of sulfonamides is 1. The highest BCUT2D eigenvalue weighted by Gasteiger charge is 2.20. The first kappa shape index (κ1) is 15.0. The largest absolute Gasteiger partial charge is 0.398 e. The second-order valence-corrected chi connectivity index (χ2v) is 7.29. The molecule has 0 aliphatic heterocycles. The molecule has 0 amide bonds. The van der Waals surface area contributed by atoms with Crippen molar-refractivity contribution >= 4 is 27.0 Å². The predicted molar refractivity (Wildman–Crippen MR) is 81.2 cm³/mol. The number of aryl methyl sites for hydroxylation is 2. The van der Waals surface area contributed by atoms with Crippen LogP contribution < -0.4 is 10.5 Å². The molecule has 5 nitrogen and oxygen atoms in total. The summed E-state index contributed by atoms with van der Waals surface area (Å²) in [6.45, 7) is 5.48. The Morgan fingerprint density at radius 3 is 2.60 bits per heavy atom. The van der Waals surface area contributed by atoms with Crippen molar-refractivity contribution in [2.45, 2.75) is 31.7 Å². The third-order valence-electron chi connectivity index (χ3n) is 2.90. The predicted octanol–water partition coefficient (Wildman–Crippen LogP) is 2.38. The molecule has 0 bridgehead atoms. The van der Waals surface area contributed by atoms with Gasteiger partial charge in [0.25, 0.3) is 0 Å². The average molecular weight is 311 g/mol. The quantitative estimate of drug-likeness (QED) is 0.849. The van der Waals surface area contributed by atoms with Gasteiger partial charge in [-0.25, -0.2) is 18.1 Å². The number of hydrogen-bond acceptors (Lipinski definition) is 5. The number of aromatic nitrogens is 1. The van der Waals surface area contributed by atoms with Crippen LogP contribution in [0, 0.1) is 13.8 Å². The maximum Gasteiger partial charge on any atom is 0.241 e. The average Bonchev–Trinajstić information content (AvgIpc) is 2.79. The van der Waals surface area contributed by atoms with Crippen molar-refractivity contribution in [1.29, 1.82) is 0 Å². The van der Waals surface area contributed by atoms with Gasteiger partial charge in [0.2, 0.25) is 10.0 Å². The van der Waals surface area contributed by atoms with Crippen LogP contribution in [0.2, 0.25) is 0 Å². The Morgan fingerprint density at radius 1 is 1.35 bits per heavy atom. The molecule has 1 aromatic carbocycles. The molecule has 20 heavy (non-hydrogen) atoms. The molecule has 2 aromatic rings. The van der Waals surface area contributed by atoms with Gasteiger partial charge < -0.3 is 5.73 Å². The van der Waals surface area contributed by atoms with Crippen molar-refractivity contribution in [2.24, 2.45) is 0 Å². The molecule has 0 fully saturated rings. The van der Waals surface area contributed by atoms with E-state index in [9.17, 15) is 8.42 Å². The van der Waals surface area contributed by atoms with Gasteiger partial charge >= 0.3 is 0 Å². The molecular formula is C13H17N3O2S2. The zero-order valence-corrected chi connectivity index (χ0v) is 13.2. The highest BCUT2D eigenvalue weighted by atomic mass is 32.2. The van der Waals surface area contributed by atoms with Gasteiger partial charge in [-0.15, -0.1) is 11.3 Å². The van der Waals surface area contributed by atoms with Crippen LogP contribution in [0.25, 0.3) is 0 Å². The van der Waals surface area contributed by atoms with Crippen molar-refractivity contribution in [3.8, 4) is 0 Å². The Labute approximate surface area is 122 Å².